The highest BCUT2D eigenvalue weighted by Gasteiger charge is 2.21. The van der Waals surface area contributed by atoms with Gasteiger partial charge in [-0.2, -0.15) is 0 Å². The number of methoxy groups -OCH3 is 2. The SMILES string of the molecule is COc1ccc(Nc2nc3ccccc3nc2NS(=O)(=O)c2ccc(Br)s2)c(OC)c1. The third-order valence-corrected chi connectivity index (χ3v) is 7.73. The Labute approximate surface area is 191 Å². The summed E-state index contributed by atoms with van der Waals surface area (Å²) in [7, 11) is -0.763. The van der Waals surface area contributed by atoms with Gasteiger partial charge in [-0.25, -0.2) is 18.4 Å². The van der Waals surface area contributed by atoms with Crippen molar-refractivity contribution in [2.75, 3.05) is 24.3 Å². The Morgan fingerprint density at radius 2 is 1.65 bits per heavy atom. The molecule has 2 heterocycles. The molecule has 0 bridgehead atoms. The quantitative estimate of drug-likeness (QED) is 0.352. The van der Waals surface area contributed by atoms with Gasteiger partial charge < -0.3 is 14.8 Å². The fourth-order valence-electron chi connectivity index (χ4n) is 2.81. The molecule has 0 spiro atoms. The van der Waals surface area contributed by atoms with E-state index in [1.807, 2.05) is 12.1 Å². The van der Waals surface area contributed by atoms with Crippen molar-refractivity contribution >= 4 is 65.6 Å². The minimum Gasteiger partial charge on any atom is -0.497 e. The Bertz CT molecular complexity index is 1360. The van der Waals surface area contributed by atoms with Gasteiger partial charge in [0.1, 0.15) is 15.7 Å². The van der Waals surface area contributed by atoms with Crippen molar-refractivity contribution in [3.63, 3.8) is 0 Å². The molecule has 4 rings (SSSR count). The van der Waals surface area contributed by atoms with Crippen molar-refractivity contribution in [1.29, 1.82) is 0 Å². The molecule has 2 aromatic heterocycles. The largest absolute Gasteiger partial charge is 0.497 e. The molecule has 0 fully saturated rings. The van der Waals surface area contributed by atoms with E-state index in [-0.39, 0.29) is 15.8 Å². The summed E-state index contributed by atoms with van der Waals surface area (Å²) in [5, 5.41) is 3.13. The van der Waals surface area contributed by atoms with Crippen LogP contribution < -0.4 is 19.5 Å². The number of sulfonamides is 1. The summed E-state index contributed by atoms with van der Waals surface area (Å²) in [4.78, 5) is 9.07. The lowest BCUT2D eigenvalue weighted by Crippen LogP contribution is -2.15. The number of fused-ring (bicyclic) bond motifs is 1. The standard InChI is InChI=1S/C20H17BrN4O4S2/c1-28-12-7-8-15(16(11-12)29-2)24-19-20(23-14-6-4-3-5-13(14)22-19)25-31(26,27)18-10-9-17(21)30-18/h3-11H,1-2H3,(H,22,24)(H,23,25). The van der Waals surface area contributed by atoms with E-state index in [4.69, 9.17) is 9.47 Å². The molecule has 2 aromatic carbocycles. The molecule has 0 unspecified atom stereocenters. The number of hydrogen-bond acceptors (Lipinski definition) is 8. The predicted octanol–water partition coefficient (Wildman–Crippen LogP) is 5.02. The Balaban J connectivity index is 1.79. The molecule has 11 heteroatoms. The molecule has 8 nitrogen and oxygen atoms in total. The van der Waals surface area contributed by atoms with Gasteiger partial charge >= 0.3 is 0 Å². The summed E-state index contributed by atoms with van der Waals surface area (Å²) in [6, 6.07) is 15.6. The molecule has 0 radical (unpaired) electrons. The first-order chi connectivity index (χ1) is 14.9. The lowest BCUT2D eigenvalue weighted by Gasteiger charge is -2.15. The van der Waals surface area contributed by atoms with E-state index in [1.54, 1.807) is 43.5 Å². The van der Waals surface area contributed by atoms with Crippen LogP contribution >= 0.6 is 27.3 Å². The monoisotopic (exact) mass is 520 g/mol. The molecule has 160 valence electrons. The Kier molecular flexibility index (Phi) is 5.99. The molecule has 0 aliphatic carbocycles. The first kappa shape index (κ1) is 21.3. The van der Waals surface area contributed by atoms with Crippen molar-refractivity contribution < 1.29 is 17.9 Å². The maximum atomic E-state index is 12.9. The van der Waals surface area contributed by atoms with Crippen LogP contribution in [-0.4, -0.2) is 32.6 Å². The van der Waals surface area contributed by atoms with E-state index in [1.165, 1.54) is 13.2 Å². The molecule has 0 aliphatic heterocycles. The zero-order valence-corrected chi connectivity index (χ0v) is 19.6. The number of benzene rings is 2. The third kappa shape index (κ3) is 4.58. The number of anilines is 3. The predicted molar refractivity (Wildman–Crippen MR) is 125 cm³/mol. The molecule has 0 atom stereocenters. The molecule has 4 aromatic rings. The van der Waals surface area contributed by atoms with Gasteiger partial charge in [0.25, 0.3) is 10.0 Å². The molecule has 31 heavy (non-hydrogen) atoms. The first-order valence-electron chi connectivity index (χ1n) is 8.93. The van der Waals surface area contributed by atoms with Gasteiger partial charge in [0, 0.05) is 6.07 Å². The van der Waals surface area contributed by atoms with Crippen LogP contribution in [0.5, 0.6) is 11.5 Å². The van der Waals surface area contributed by atoms with Crippen LogP contribution in [0.1, 0.15) is 0 Å². The normalized spacial score (nSPS) is 11.3. The van der Waals surface area contributed by atoms with Gasteiger partial charge in [-0.15, -0.1) is 11.3 Å². The van der Waals surface area contributed by atoms with Gasteiger partial charge in [0.2, 0.25) is 0 Å². The van der Waals surface area contributed by atoms with Crippen LogP contribution in [0.2, 0.25) is 0 Å². The fraction of sp³-hybridized carbons (Fsp3) is 0.100. The minimum atomic E-state index is -3.86. The van der Waals surface area contributed by atoms with Crippen LogP contribution in [0.15, 0.2) is 62.6 Å². The molecular formula is C20H17BrN4O4S2. The first-order valence-corrected chi connectivity index (χ1v) is 12.0. The Hall–Kier alpha value is -2.89. The smallest absolute Gasteiger partial charge is 0.272 e. The second-order valence-corrected chi connectivity index (χ2v) is 10.6. The molecular weight excluding hydrogens is 504 g/mol. The van der Waals surface area contributed by atoms with E-state index < -0.39 is 10.0 Å². The van der Waals surface area contributed by atoms with Crippen molar-refractivity contribution in [1.82, 2.24) is 9.97 Å². The zero-order valence-electron chi connectivity index (χ0n) is 16.4. The molecule has 0 saturated carbocycles. The summed E-state index contributed by atoms with van der Waals surface area (Å²) in [5.41, 5.74) is 1.74. The number of thiophene rings is 1. The van der Waals surface area contributed by atoms with Crippen LogP contribution in [0.3, 0.4) is 0 Å². The number of rotatable bonds is 7. The number of hydrogen-bond donors (Lipinski definition) is 2. The summed E-state index contributed by atoms with van der Waals surface area (Å²) >= 11 is 4.39. The number of nitrogens with zero attached hydrogens (tertiary/aromatic N) is 2. The summed E-state index contributed by atoms with van der Waals surface area (Å²) in [5.74, 6) is 1.43. The van der Waals surface area contributed by atoms with Crippen LogP contribution in [-0.2, 0) is 10.0 Å². The highest BCUT2D eigenvalue weighted by Crippen LogP contribution is 2.34. The topological polar surface area (TPSA) is 102 Å². The van der Waals surface area contributed by atoms with Crippen LogP contribution in [0.25, 0.3) is 11.0 Å². The number of halogens is 1. The zero-order chi connectivity index (χ0) is 22.0. The maximum Gasteiger partial charge on any atom is 0.272 e. The van der Waals surface area contributed by atoms with Gasteiger partial charge in [-0.3, -0.25) is 4.72 Å². The Morgan fingerprint density at radius 3 is 2.26 bits per heavy atom. The van der Waals surface area contributed by atoms with Crippen molar-refractivity contribution in [3.05, 3.63) is 58.4 Å². The maximum absolute atomic E-state index is 12.9. The average Bonchev–Trinajstić information content (AvgIpc) is 3.21. The lowest BCUT2D eigenvalue weighted by atomic mass is 10.2. The van der Waals surface area contributed by atoms with E-state index in [0.717, 1.165) is 11.3 Å². The van der Waals surface area contributed by atoms with Gasteiger partial charge in [-0.1, -0.05) is 12.1 Å². The highest BCUT2D eigenvalue weighted by atomic mass is 79.9. The number of aromatic nitrogens is 2. The van der Waals surface area contributed by atoms with Gasteiger partial charge in [-0.05, 0) is 52.3 Å². The second kappa shape index (κ2) is 8.69. The molecule has 0 amide bonds. The lowest BCUT2D eigenvalue weighted by molar-refractivity contribution is 0.395. The Morgan fingerprint density at radius 1 is 0.935 bits per heavy atom. The average molecular weight is 521 g/mol. The fourth-order valence-corrected chi connectivity index (χ4v) is 5.83. The third-order valence-electron chi connectivity index (χ3n) is 4.28. The highest BCUT2D eigenvalue weighted by molar-refractivity contribution is 9.11. The van der Waals surface area contributed by atoms with Crippen LogP contribution in [0.4, 0.5) is 17.3 Å². The van der Waals surface area contributed by atoms with Crippen molar-refractivity contribution in [3.8, 4) is 11.5 Å². The molecule has 0 saturated heterocycles. The van der Waals surface area contributed by atoms with Gasteiger partial charge in [0.15, 0.2) is 11.6 Å². The minimum absolute atomic E-state index is 0.0705. The van der Waals surface area contributed by atoms with E-state index in [9.17, 15) is 8.42 Å². The summed E-state index contributed by atoms with van der Waals surface area (Å²) in [6.45, 7) is 0. The number of para-hydroxylation sites is 2. The van der Waals surface area contributed by atoms with Gasteiger partial charge in [0.05, 0.1) is 34.7 Å². The van der Waals surface area contributed by atoms with Crippen LogP contribution in [0, 0.1) is 0 Å². The van der Waals surface area contributed by atoms with E-state index >= 15 is 0 Å². The van der Waals surface area contributed by atoms with Crippen molar-refractivity contribution in [2.24, 2.45) is 0 Å². The van der Waals surface area contributed by atoms with Crippen molar-refractivity contribution in [2.45, 2.75) is 4.21 Å². The summed E-state index contributed by atoms with van der Waals surface area (Å²) in [6.07, 6.45) is 0. The molecule has 0 aliphatic rings. The van der Waals surface area contributed by atoms with E-state index in [0.29, 0.717) is 32.0 Å². The molecule has 2 N–H and O–H groups in total. The number of nitrogens with one attached hydrogen (secondary N) is 2. The van der Waals surface area contributed by atoms with E-state index in [2.05, 4.69) is 35.9 Å². The second-order valence-electron chi connectivity index (χ2n) is 6.26. The number of ether oxygens (including phenoxy) is 2. The summed E-state index contributed by atoms with van der Waals surface area (Å²) < 4.78 is 39.9.